The van der Waals surface area contributed by atoms with Gasteiger partial charge >= 0.3 is 0 Å². The number of nitrogens with zero attached hydrogens (tertiary/aromatic N) is 2. The summed E-state index contributed by atoms with van der Waals surface area (Å²) in [5.74, 6) is 1.31. The Hall–Kier alpha value is -2.82. The number of carbonyl (C=O) groups excluding carboxylic acids is 1. The zero-order chi connectivity index (χ0) is 16.4. The van der Waals surface area contributed by atoms with Crippen LogP contribution in [0.2, 0.25) is 0 Å². The number of hydrogen-bond acceptors (Lipinski definition) is 3. The first-order chi connectivity index (χ1) is 11.8. The zero-order valence-corrected chi connectivity index (χ0v) is 13.3. The molecule has 1 saturated carbocycles. The van der Waals surface area contributed by atoms with Crippen molar-refractivity contribution >= 4 is 5.91 Å². The van der Waals surface area contributed by atoms with E-state index in [1.165, 1.54) is 5.56 Å². The predicted octanol–water partition coefficient (Wildman–Crippen LogP) is 2.94. The van der Waals surface area contributed by atoms with Crippen LogP contribution in [0, 0.1) is 5.92 Å². The van der Waals surface area contributed by atoms with Crippen molar-refractivity contribution < 1.29 is 9.21 Å². The number of furan rings is 1. The number of rotatable bonds is 6. The zero-order valence-electron chi connectivity index (χ0n) is 13.3. The van der Waals surface area contributed by atoms with E-state index in [9.17, 15) is 4.79 Å². The molecule has 24 heavy (non-hydrogen) atoms. The van der Waals surface area contributed by atoms with Crippen LogP contribution in [-0.4, -0.2) is 15.7 Å². The van der Waals surface area contributed by atoms with E-state index in [4.69, 9.17) is 4.42 Å². The lowest BCUT2D eigenvalue weighted by atomic mass is 10.1. The van der Waals surface area contributed by atoms with Crippen LogP contribution >= 0.6 is 0 Å². The third-order valence-corrected chi connectivity index (χ3v) is 4.40. The van der Waals surface area contributed by atoms with E-state index in [0.29, 0.717) is 6.54 Å². The van der Waals surface area contributed by atoms with Gasteiger partial charge < -0.3 is 9.73 Å². The molecule has 1 amide bonds. The van der Waals surface area contributed by atoms with Crippen LogP contribution in [0.4, 0.5) is 0 Å². The van der Waals surface area contributed by atoms with Gasteiger partial charge in [0.1, 0.15) is 5.76 Å². The molecule has 1 N–H and O–H groups in total. The van der Waals surface area contributed by atoms with Gasteiger partial charge in [0.2, 0.25) is 5.91 Å². The molecule has 3 aromatic rings. The van der Waals surface area contributed by atoms with Gasteiger partial charge in [0.25, 0.3) is 0 Å². The lowest BCUT2D eigenvalue weighted by Crippen LogP contribution is -2.24. The highest BCUT2D eigenvalue weighted by Crippen LogP contribution is 2.47. The highest BCUT2D eigenvalue weighted by Gasteiger charge is 2.45. The first-order valence-electron chi connectivity index (χ1n) is 8.16. The van der Waals surface area contributed by atoms with Gasteiger partial charge in [0.05, 0.1) is 12.8 Å². The monoisotopic (exact) mass is 321 g/mol. The third-order valence-electron chi connectivity index (χ3n) is 4.40. The fourth-order valence-electron chi connectivity index (χ4n) is 3.04. The Morgan fingerprint density at radius 3 is 2.96 bits per heavy atom. The highest BCUT2D eigenvalue weighted by atomic mass is 16.3. The molecule has 1 aliphatic carbocycles. The Labute approximate surface area is 140 Å². The molecule has 122 valence electrons. The molecule has 0 spiro atoms. The minimum Gasteiger partial charge on any atom is -0.469 e. The van der Waals surface area contributed by atoms with Crippen LogP contribution in [0.25, 0.3) is 0 Å². The van der Waals surface area contributed by atoms with Gasteiger partial charge in [-0.1, -0.05) is 24.3 Å². The summed E-state index contributed by atoms with van der Waals surface area (Å²) in [5, 5.41) is 7.25. The van der Waals surface area contributed by atoms with E-state index in [1.807, 2.05) is 41.2 Å². The minimum atomic E-state index is 0.0448. The second-order valence-corrected chi connectivity index (χ2v) is 6.21. The standard InChI is InChI=1S/C19H19N3O2/c23-19(17-11-16(17)18-6-2-9-24-18)20-12-14-4-1-5-15(10-14)13-22-8-3-7-21-22/h1-10,16-17H,11-13H2,(H,20,23). The number of carbonyl (C=O) groups is 1. The number of hydrogen-bond donors (Lipinski definition) is 1. The van der Waals surface area contributed by atoms with Crippen molar-refractivity contribution in [2.45, 2.75) is 25.4 Å². The molecule has 5 nitrogen and oxygen atoms in total. The Morgan fingerprint density at radius 1 is 1.25 bits per heavy atom. The Morgan fingerprint density at radius 2 is 2.17 bits per heavy atom. The van der Waals surface area contributed by atoms with Gasteiger partial charge in [0.15, 0.2) is 0 Å². The first-order valence-corrected chi connectivity index (χ1v) is 8.16. The maximum absolute atomic E-state index is 12.3. The molecule has 2 unspecified atom stereocenters. The fraction of sp³-hybridized carbons (Fsp3) is 0.263. The first kappa shape index (κ1) is 14.8. The summed E-state index contributed by atoms with van der Waals surface area (Å²) in [7, 11) is 0. The summed E-state index contributed by atoms with van der Waals surface area (Å²) >= 11 is 0. The number of amides is 1. The molecule has 0 saturated heterocycles. The molecule has 4 rings (SSSR count). The van der Waals surface area contributed by atoms with Gasteiger partial charge in [-0.05, 0) is 35.7 Å². The average molecular weight is 321 g/mol. The minimum absolute atomic E-state index is 0.0448. The van der Waals surface area contributed by atoms with Crippen LogP contribution in [0.1, 0.15) is 29.2 Å². The molecular weight excluding hydrogens is 302 g/mol. The van der Waals surface area contributed by atoms with Crippen LogP contribution in [-0.2, 0) is 17.9 Å². The predicted molar refractivity (Wildman–Crippen MR) is 89.2 cm³/mol. The fourth-order valence-corrected chi connectivity index (χ4v) is 3.04. The lowest BCUT2D eigenvalue weighted by Gasteiger charge is -2.07. The van der Waals surface area contributed by atoms with Crippen molar-refractivity contribution in [1.29, 1.82) is 0 Å². The molecule has 2 aromatic heterocycles. The van der Waals surface area contributed by atoms with Gasteiger partial charge in [-0.25, -0.2) is 0 Å². The van der Waals surface area contributed by atoms with Crippen molar-refractivity contribution in [3.05, 3.63) is 78.0 Å². The topological polar surface area (TPSA) is 60.1 Å². The maximum Gasteiger partial charge on any atom is 0.224 e. The van der Waals surface area contributed by atoms with E-state index in [2.05, 4.69) is 22.5 Å². The van der Waals surface area contributed by atoms with Crippen molar-refractivity contribution in [3.63, 3.8) is 0 Å². The average Bonchev–Trinajstić information content (AvgIpc) is 3.00. The van der Waals surface area contributed by atoms with E-state index in [0.717, 1.165) is 24.3 Å². The normalized spacial score (nSPS) is 19.2. The summed E-state index contributed by atoms with van der Waals surface area (Å²) in [6, 6.07) is 14.0. The summed E-state index contributed by atoms with van der Waals surface area (Å²) in [6.45, 7) is 1.28. The quantitative estimate of drug-likeness (QED) is 0.759. The molecule has 2 atom stereocenters. The molecule has 1 fully saturated rings. The van der Waals surface area contributed by atoms with Crippen LogP contribution in [0.3, 0.4) is 0 Å². The van der Waals surface area contributed by atoms with E-state index < -0.39 is 0 Å². The van der Waals surface area contributed by atoms with Crippen LogP contribution < -0.4 is 5.32 Å². The summed E-state index contributed by atoms with van der Waals surface area (Å²) in [6.07, 6.45) is 6.25. The maximum atomic E-state index is 12.3. The highest BCUT2D eigenvalue weighted by molar-refractivity contribution is 5.82. The van der Waals surface area contributed by atoms with E-state index >= 15 is 0 Å². The third kappa shape index (κ3) is 3.25. The smallest absolute Gasteiger partial charge is 0.224 e. The van der Waals surface area contributed by atoms with Gasteiger partial charge in [-0.15, -0.1) is 0 Å². The number of nitrogens with one attached hydrogen (secondary N) is 1. The van der Waals surface area contributed by atoms with Gasteiger partial charge in [0, 0.05) is 30.8 Å². The number of aromatic nitrogens is 2. The summed E-state index contributed by atoms with van der Waals surface area (Å²) in [5.41, 5.74) is 2.27. The second kappa shape index (κ2) is 6.35. The lowest BCUT2D eigenvalue weighted by molar-refractivity contribution is -0.122. The largest absolute Gasteiger partial charge is 0.469 e. The molecule has 1 aliphatic rings. The van der Waals surface area contributed by atoms with Crippen molar-refractivity contribution in [1.82, 2.24) is 15.1 Å². The van der Waals surface area contributed by atoms with Gasteiger partial charge in [-0.3, -0.25) is 9.48 Å². The Kier molecular flexibility index (Phi) is 3.91. The summed E-state index contributed by atoms with van der Waals surface area (Å²) < 4.78 is 7.26. The van der Waals surface area contributed by atoms with E-state index in [-0.39, 0.29) is 17.7 Å². The molecule has 5 heteroatoms. The molecule has 0 aliphatic heterocycles. The molecule has 1 aromatic carbocycles. The van der Waals surface area contributed by atoms with Gasteiger partial charge in [-0.2, -0.15) is 5.10 Å². The molecule has 0 radical (unpaired) electrons. The molecular formula is C19H19N3O2. The molecule has 2 heterocycles. The SMILES string of the molecule is O=C(NCc1cccc(Cn2cccn2)c1)C1CC1c1ccco1. The van der Waals surface area contributed by atoms with Crippen molar-refractivity contribution in [2.75, 3.05) is 0 Å². The number of benzene rings is 1. The Bertz CT molecular complexity index is 809. The van der Waals surface area contributed by atoms with Crippen molar-refractivity contribution in [3.8, 4) is 0 Å². The molecule has 0 bridgehead atoms. The van der Waals surface area contributed by atoms with Crippen LogP contribution in [0.15, 0.2) is 65.5 Å². The Balaban J connectivity index is 1.32. The van der Waals surface area contributed by atoms with Crippen molar-refractivity contribution in [2.24, 2.45) is 5.92 Å². The van der Waals surface area contributed by atoms with Crippen LogP contribution in [0.5, 0.6) is 0 Å². The second-order valence-electron chi connectivity index (χ2n) is 6.21. The van der Waals surface area contributed by atoms with E-state index in [1.54, 1.807) is 12.5 Å². The summed E-state index contributed by atoms with van der Waals surface area (Å²) in [4.78, 5) is 12.3.